The molecule has 0 bridgehead atoms. The molecule has 0 radical (unpaired) electrons. The number of amides is 1. The second kappa shape index (κ2) is 6.28. The number of hydrogen-bond donors (Lipinski definition) is 2. The Balaban J connectivity index is 2.03. The molecule has 7 nitrogen and oxygen atoms in total. The van der Waals surface area contributed by atoms with E-state index in [0.717, 1.165) is 0 Å². The fourth-order valence-electron chi connectivity index (χ4n) is 3.21. The van der Waals surface area contributed by atoms with Gasteiger partial charge in [0.2, 0.25) is 0 Å². The van der Waals surface area contributed by atoms with E-state index in [1.54, 1.807) is 25.1 Å². The third-order valence-corrected chi connectivity index (χ3v) is 5.60. The number of rotatable bonds is 4. The summed E-state index contributed by atoms with van der Waals surface area (Å²) in [4.78, 5) is 14.0. The summed E-state index contributed by atoms with van der Waals surface area (Å²) in [5.41, 5.74) is 6.96. The maximum Gasteiger partial charge on any atom is 0.284 e. The minimum Gasteiger partial charge on any atom is -0.455 e. The number of benzene rings is 1. The maximum atomic E-state index is 12.4. The molecular weight excluding hydrogens is 354 g/mol. The first-order valence-corrected chi connectivity index (χ1v) is 9.65. The van der Waals surface area contributed by atoms with Crippen LogP contribution in [0, 0.1) is 12.3 Å². The van der Waals surface area contributed by atoms with E-state index >= 15 is 0 Å². The second-order valence-corrected chi connectivity index (χ2v) is 8.86. The number of fused-ring (bicyclic) bond motifs is 1. The van der Waals surface area contributed by atoms with E-state index in [2.05, 4.69) is 9.93 Å². The van der Waals surface area contributed by atoms with Crippen molar-refractivity contribution in [3.8, 4) is 0 Å². The van der Waals surface area contributed by atoms with Crippen molar-refractivity contribution in [1.29, 1.82) is 0 Å². The Morgan fingerprint density at radius 2 is 1.88 bits per heavy atom. The van der Waals surface area contributed by atoms with Gasteiger partial charge in [0, 0.05) is 17.5 Å². The van der Waals surface area contributed by atoms with Crippen LogP contribution < -0.4 is 10.6 Å². The molecule has 0 saturated carbocycles. The summed E-state index contributed by atoms with van der Waals surface area (Å²) in [6.45, 7) is 5.78. The number of carbonyl (C=O) groups is 1. The van der Waals surface area contributed by atoms with Crippen molar-refractivity contribution in [3.05, 3.63) is 53.0 Å². The van der Waals surface area contributed by atoms with Gasteiger partial charge < -0.3 is 10.2 Å². The van der Waals surface area contributed by atoms with Gasteiger partial charge in [-0.3, -0.25) is 4.79 Å². The highest BCUT2D eigenvalue weighted by molar-refractivity contribution is 7.89. The van der Waals surface area contributed by atoms with Crippen LogP contribution in [-0.2, 0) is 16.4 Å². The molecule has 0 aliphatic heterocycles. The molecule has 0 fully saturated rings. The van der Waals surface area contributed by atoms with Crippen molar-refractivity contribution in [2.45, 2.75) is 38.5 Å². The lowest BCUT2D eigenvalue weighted by molar-refractivity contribution is 0.0970. The van der Waals surface area contributed by atoms with Crippen LogP contribution in [0.1, 0.15) is 47.7 Å². The quantitative estimate of drug-likeness (QED) is 0.798. The Hall–Kier alpha value is -2.61. The number of furan rings is 1. The standard InChI is InChI=1S/C18H21N3O4S/c1-11-15-13(20-21-26(23,24)12-7-5-4-6-8-12)9-18(2,3)10-14(15)25-16(11)17(19)22/h4-8,21H,9-10H2,1-3H3,(H2,19,22)/b20-13+. The van der Waals surface area contributed by atoms with Gasteiger partial charge in [0.15, 0.2) is 5.76 Å². The number of nitrogens with two attached hydrogens (primary N) is 1. The van der Waals surface area contributed by atoms with Gasteiger partial charge in [-0.15, -0.1) is 0 Å². The fraction of sp³-hybridized carbons (Fsp3) is 0.333. The molecule has 1 aromatic carbocycles. The van der Waals surface area contributed by atoms with Crippen LogP contribution >= 0.6 is 0 Å². The molecular formula is C18H21N3O4S. The Labute approximate surface area is 152 Å². The number of hydrazone groups is 1. The number of nitrogens with zero attached hydrogens (tertiary/aromatic N) is 1. The van der Waals surface area contributed by atoms with Crippen molar-refractivity contribution in [3.63, 3.8) is 0 Å². The van der Waals surface area contributed by atoms with Gasteiger partial charge in [0.25, 0.3) is 15.9 Å². The third kappa shape index (κ3) is 3.37. The van der Waals surface area contributed by atoms with Crippen LogP contribution in [0.15, 0.2) is 44.7 Å². The molecule has 2 aromatic rings. The summed E-state index contributed by atoms with van der Waals surface area (Å²) in [5.74, 6) is 0.0375. The Kier molecular flexibility index (Phi) is 4.39. The largest absolute Gasteiger partial charge is 0.455 e. The van der Waals surface area contributed by atoms with Crippen LogP contribution in [0.5, 0.6) is 0 Å². The molecule has 3 rings (SSSR count). The molecule has 138 valence electrons. The zero-order valence-electron chi connectivity index (χ0n) is 14.9. The van der Waals surface area contributed by atoms with E-state index in [4.69, 9.17) is 10.2 Å². The fourth-order valence-corrected chi connectivity index (χ4v) is 4.06. The molecule has 1 heterocycles. The first-order valence-electron chi connectivity index (χ1n) is 8.16. The van der Waals surface area contributed by atoms with Crippen LogP contribution in [0.3, 0.4) is 0 Å². The summed E-state index contributed by atoms with van der Waals surface area (Å²) in [7, 11) is -3.78. The van der Waals surface area contributed by atoms with Crippen molar-refractivity contribution in [1.82, 2.24) is 4.83 Å². The van der Waals surface area contributed by atoms with Crippen LogP contribution in [0.25, 0.3) is 0 Å². The smallest absolute Gasteiger partial charge is 0.284 e. The summed E-state index contributed by atoms with van der Waals surface area (Å²) >= 11 is 0. The molecule has 0 spiro atoms. The molecule has 1 aromatic heterocycles. The highest BCUT2D eigenvalue weighted by Crippen LogP contribution is 2.38. The van der Waals surface area contributed by atoms with Gasteiger partial charge in [0.05, 0.1) is 10.6 Å². The van der Waals surface area contributed by atoms with Crippen LogP contribution in [0.4, 0.5) is 0 Å². The highest BCUT2D eigenvalue weighted by atomic mass is 32.2. The van der Waals surface area contributed by atoms with E-state index in [-0.39, 0.29) is 16.1 Å². The first-order chi connectivity index (χ1) is 12.1. The Bertz CT molecular complexity index is 989. The van der Waals surface area contributed by atoms with Crippen molar-refractivity contribution >= 4 is 21.6 Å². The van der Waals surface area contributed by atoms with Gasteiger partial charge in [-0.25, -0.2) is 0 Å². The maximum absolute atomic E-state index is 12.4. The van der Waals surface area contributed by atoms with Gasteiger partial charge in [0.1, 0.15) is 5.76 Å². The minimum atomic E-state index is -3.78. The molecule has 26 heavy (non-hydrogen) atoms. The van der Waals surface area contributed by atoms with Gasteiger partial charge >= 0.3 is 0 Å². The van der Waals surface area contributed by atoms with Crippen molar-refractivity contribution in [2.75, 3.05) is 0 Å². The summed E-state index contributed by atoms with van der Waals surface area (Å²) in [6.07, 6.45) is 1.15. The van der Waals surface area contributed by atoms with E-state index in [1.165, 1.54) is 12.1 Å². The second-order valence-electron chi connectivity index (χ2n) is 7.20. The van der Waals surface area contributed by atoms with E-state index < -0.39 is 15.9 Å². The predicted octanol–water partition coefficient (Wildman–Crippen LogP) is 2.34. The number of hydrogen-bond acceptors (Lipinski definition) is 5. The first kappa shape index (κ1) is 18.2. The normalized spacial score (nSPS) is 17.7. The van der Waals surface area contributed by atoms with E-state index in [1.807, 2.05) is 13.8 Å². The van der Waals surface area contributed by atoms with E-state index in [0.29, 0.717) is 35.4 Å². The Morgan fingerprint density at radius 3 is 2.50 bits per heavy atom. The zero-order chi connectivity index (χ0) is 19.1. The lowest BCUT2D eigenvalue weighted by atomic mass is 9.75. The molecule has 1 aliphatic rings. The monoisotopic (exact) mass is 375 g/mol. The molecule has 0 saturated heterocycles. The minimum absolute atomic E-state index is 0.0892. The van der Waals surface area contributed by atoms with Gasteiger partial charge in [-0.05, 0) is 30.9 Å². The average molecular weight is 375 g/mol. The molecule has 0 atom stereocenters. The van der Waals surface area contributed by atoms with Crippen molar-refractivity contribution in [2.24, 2.45) is 16.3 Å². The lowest BCUT2D eigenvalue weighted by Gasteiger charge is -2.29. The van der Waals surface area contributed by atoms with Gasteiger partial charge in [-0.2, -0.15) is 18.4 Å². The Morgan fingerprint density at radius 1 is 1.23 bits per heavy atom. The molecule has 3 N–H and O–H groups in total. The zero-order valence-corrected chi connectivity index (χ0v) is 15.7. The van der Waals surface area contributed by atoms with Gasteiger partial charge in [-0.1, -0.05) is 32.0 Å². The molecule has 1 amide bonds. The SMILES string of the molecule is Cc1c(C(N)=O)oc2c1/C(=N/NS(=O)(=O)c1ccccc1)CC(C)(C)C2. The summed E-state index contributed by atoms with van der Waals surface area (Å²) in [6, 6.07) is 8.01. The molecule has 8 heteroatoms. The predicted molar refractivity (Wildman–Crippen MR) is 97.4 cm³/mol. The number of sulfonamides is 1. The van der Waals surface area contributed by atoms with Crippen LogP contribution in [-0.4, -0.2) is 20.0 Å². The number of nitrogens with one attached hydrogen (secondary N) is 1. The van der Waals surface area contributed by atoms with Crippen molar-refractivity contribution < 1.29 is 17.6 Å². The summed E-state index contributed by atoms with van der Waals surface area (Å²) < 4.78 is 30.5. The summed E-state index contributed by atoms with van der Waals surface area (Å²) in [5, 5.41) is 4.17. The average Bonchev–Trinajstić information content (AvgIpc) is 2.89. The third-order valence-electron chi connectivity index (χ3n) is 4.37. The number of carbonyl (C=O) groups excluding carboxylic acids is 1. The topological polar surface area (TPSA) is 115 Å². The lowest BCUT2D eigenvalue weighted by Crippen LogP contribution is -2.29. The molecule has 0 unspecified atom stereocenters. The van der Waals surface area contributed by atoms with Crippen LogP contribution in [0.2, 0.25) is 0 Å². The molecule has 1 aliphatic carbocycles. The highest BCUT2D eigenvalue weighted by Gasteiger charge is 2.36. The number of primary amides is 1. The van der Waals surface area contributed by atoms with E-state index in [9.17, 15) is 13.2 Å².